The number of carbonyl (C=O) groups excluding carboxylic acids is 1. The zero-order chi connectivity index (χ0) is 24.6. The Balaban J connectivity index is 1.28. The van der Waals surface area contributed by atoms with Crippen molar-refractivity contribution in [1.82, 2.24) is 25.4 Å². The van der Waals surface area contributed by atoms with Crippen LogP contribution in [0.15, 0.2) is 48.7 Å². The molecule has 2 fully saturated rings. The fraction of sp³-hybridized carbons (Fsp3) is 0.385. The largest absolute Gasteiger partial charge is 0.368 e. The van der Waals surface area contributed by atoms with E-state index in [4.69, 9.17) is 0 Å². The molecule has 1 aliphatic heterocycles. The van der Waals surface area contributed by atoms with Gasteiger partial charge in [0.1, 0.15) is 17.8 Å². The molecular formula is C26H28F2N6O. The average molecular weight is 479 g/mol. The number of pyridine rings is 1. The Hall–Kier alpha value is -3.46. The second-order valence-electron chi connectivity index (χ2n) is 9.70. The first-order valence-corrected chi connectivity index (χ1v) is 11.8. The highest BCUT2D eigenvalue weighted by Gasteiger charge is 2.47. The maximum Gasteiger partial charge on any atom is 0.251 e. The van der Waals surface area contributed by atoms with Crippen molar-refractivity contribution in [3.63, 3.8) is 0 Å². The molecule has 3 heterocycles. The third kappa shape index (κ3) is 4.73. The van der Waals surface area contributed by atoms with Crippen molar-refractivity contribution in [2.75, 3.05) is 32.0 Å². The van der Waals surface area contributed by atoms with Gasteiger partial charge in [0, 0.05) is 42.4 Å². The summed E-state index contributed by atoms with van der Waals surface area (Å²) in [5.74, 6) is -0.210. The number of amides is 1. The molecule has 1 aliphatic carbocycles. The van der Waals surface area contributed by atoms with Gasteiger partial charge >= 0.3 is 0 Å². The van der Waals surface area contributed by atoms with Crippen molar-refractivity contribution in [1.29, 1.82) is 0 Å². The van der Waals surface area contributed by atoms with E-state index < -0.39 is 17.4 Å². The van der Waals surface area contributed by atoms with Gasteiger partial charge in [-0.1, -0.05) is 6.07 Å². The second kappa shape index (κ2) is 9.30. The number of carbonyl (C=O) groups is 1. The third-order valence-electron chi connectivity index (χ3n) is 6.91. The van der Waals surface area contributed by atoms with E-state index in [9.17, 15) is 13.6 Å². The summed E-state index contributed by atoms with van der Waals surface area (Å²) < 4.78 is 28.5. The first kappa shape index (κ1) is 23.3. The van der Waals surface area contributed by atoms with Crippen LogP contribution in [0.5, 0.6) is 0 Å². The molecule has 2 aliphatic rings. The summed E-state index contributed by atoms with van der Waals surface area (Å²) in [5.41, 5.74) is 2.45. The Morgan fingerprint density at radius 3 is 2.63 bits per heavy atom. The second-order valence-corrected chi connectivity index (χ2v) is 9.70. The minimum Gasteiger partial charge on any atom is -0.368 e. The Morgan fingerprint density at radius 1 is 1.17 bits per heavy atom. The van der Waals surface area contributed by atoms with Crippen LogP contribution in [0.2, 0.25) is 0 Å². The van der Waals surface area contributed by atoms with Crippen molar-refractivity contribution in [3.8, 4) is 11.3 Å². The number of likely N-dealkylation sites (tertiary alicyclic amines) is 1. The molecule has 2 N–H and O–H groups in total. The predicted octanol–water partition coefficient (Wildman–Crippen LogP) is 3.51. The van der Waals surface area contributed by atoms with E-state index in [1.807, 2.05) is 26.1 Å². The lowest BCUT2D eigenvalue weighted by molar-refractivity contribution is 0.0857. The van der Waals surface area contributed by atoms with Gasteiger partial charge in [0.2, 0.25) is 0 Å². The van der Waals surface area contributed by atoms with E-state index in [0.717, 1.165) is 24.3 Å². The van der Waals surface area contributed by atoms with Gasteiger partial charge in [-0.25, -0.2) is 8.78 Å². The molecule has 0 bridgehead atoms. The third-order valence-corrected chi connectivity index (χ3v) is 6.91. The maximum absolute atomic E-state index is 14.6. The molecule has 1 amide bonds. The highest BCUT2D eigenvalue weighted by Crippen LogP contribution is 2.45. The molecule has 182 valence electrons. The van der Waals surface area contributed by atoms with Gasteiger partial charge in [0.05, 0.1) is 17.4 Å². The number of aromatic nitrogens is 3. The Bertz CT molecular complexity index is 1220. The van der Waals surface area contributed by atoms with Crippen molar-refractivity contribution in [2.24, 2.45) is 0 Å². The van der Waals surface area contributed by atoms with Crippen LogP contribution >= 0.6 is 0 Å². The molecule has 0 spiro atoms. The van der Waals surface area contributed by atoms with E-state index in [1.54, 1.807) is 18.3 Å². The number of rotatable bonds is 7. The van der Waals surface area contributed by atoms with Crippen LogP contribution in [-0.2, 0) is 5.41 Å². The van der Waals surface area contributed by atoms with E-state index in [0.29, 0.717) is 36.5 Å². The van der Waals surface area contributed by atoms with E-state index >= 15 is 0 Å². The number of halogens is 2. The highest BCUT2D eigenvalue weighted by molar-refractivity contribution is 5.95. The van der Waals surface area contributed by atoms with Crippen LogP contribution in [0.25, 0.3) is 11.3 Å². The number of nitrogens with zero attached hydrogens (tertiary/aromatic N) is 4. The summed E-state index contributed by atoms with van der Waals surface area (Å²) in [7, 11) is 1.99. The van der Waals surface area contributed by atoms with Crippen LogP contribution in [0.3, 0.4) is 0 Å². The molecule has 1 saturated carbocycles. The van der Waals surface area contributed by atoms with E-state index in [1.165, 1.54) is 18.2 Å². The molecule has 1 saturated heterocycles. The summed E-state index contributed by atoms with van der Waals surface area (Å²) in [6, 6.07) is 11.6. The molecule has 0 unspecified atom stereocenters. The first-order valence-electron chi connectivity index (χ1n) is 11.8. The van der Waals surface area contributed by atoms with Crippen LogP contribution in [0.1, 0.15) is 34.5 Å². The standard InChI is InChI=1S/C26H28F2N6O/c1-16-4-3-9-29-24(16)26(11-18(27)12-26)15-30-23-8-7-22(32-33-23)20-10-17(5-6-21(20)28)25(35)31-19-13-34(2)14-19/h3-10,18-19H,11-15H2,1-2H3,(H,30,33)(H,31,35). The summed E-state index contributed by atoms with van der Waals surface area (Å²) in [5, 5.41) is 14.6. The number of anilines is 1. The van der Waals surface area contributed by atoms with E-state index in [2.05, 4.69) is 30.7 Å². The Morgan fingerprint density at radius 2 is 1.97 bits per heavy atom. The van der Waals surface area contributed by atoms with Crippen LogP contribution in [-0.4, -0.2) is 64.9 Å². The predicted molar refractivity (Wildman–Crippen MR) is 129 cm³/mol. The topological polar surface area (TPSA) is 83.0 Å². The van der Waals surface area contributed by atoms with Gasteiger partial charge in [-0.2, -0.15) is 0 Å². The average Bonchev–Trinajstić information content (AvgIpc) is 2.81. The Labute approximate surface area is 203 Å². The smallest absolute Gasteiger partial charge is 0.251 e. The van der Waals surface area contributed by atoms with Gasteiger partial charge < -0.3 is 15.5 Å². The lowest BCUT2D eigenvalue weighted by Crippen LogP contribution is -2.57. The number of alkyl halides is 1. The highest BCUT2D eigenvalue weighted by atomic mass is 19.1. The molecule has 0 atom stereocenters. The minimum absolute atomic E-state index is 0.104. The monoisotopic (exact) mass is 478 g/mol. The quantitative estimate of drug-likeness (QED) is 0.541. The van der Waals surface area contributed by atoms with Crippen molar-refractivity contribution in [2.45, 2.75) is 37.4 Å². The Kier molecular flexibility index (Phi) is 6.19. The zero-order valence-corrected chi connectivity index (χ0v) is 19.8. The molecule has 2 aromatic heterocycles. The number of hydrogen-bond acceptors (Lipinski definition) is 6. The normalized spacial score (nSPS) is 22.2. The fourth-order valence-corrected chi connectivity index (χ4v) is 5.00. The lowest BCUT2D eigenvalue weighted by atomic mass is 9.64. The lowest BCUT2D eigenvalue weighted by Gasteiger charge is -2.44. The number of hydrogen-bond donors (Lipinski definition) is 2. The molecule has 3 aromatic rings. The zero-order valence-electron chi connectivity index (χ0n) is 19.8. The van der Waals surface area contributed by atoms with Gasteiger partial charge in [0.25, 0.3) is 5.91 Å². The molecule has 7 nitrogen and oxygen atoms in total. The summed E-state index contributed by atoms with van der Waals surface area (Å²) in [6.45, 7) is 4.05. The van der Waals surface area contributed by atoms with Gasteiger partial charge in [0.15, 0.2) is 0 Å². The van der Waals surface area contributed by atoms with Crippen LogP contribution < -0.4 is 10.6 Å². The molecule has 1 aromatic carbocycles. The number of likely N-dealkylation sites (N-methyl/N-ethyl adjacent to an activating group) is 1. The van der Waals surface area contributed by atoms with Gasteiger partial charge in [-0.05, 0) is 68.8 Å². The van der Waals surface area contributed by atoms with Gasteiger partial charge in [-0.15, -0.1) is 10.2 Å². The molecule has 35 heavy (non-hydrogen) atoms. The first-order chi connectivity index (χ1) is 16.8. The number of nitrogens with one attached hydrogen (secondary N) is 2. The summed E-state index contributed by atoms with van der Waals surface area (Å²) in [4.78, 5) is 19.2. The minimum atomic E-state index is -0.843. The van der Waals surface area contributed by atoms with Crippen molar-refractivity contribution < 1.29 is 13.6 Å². The SMILES string of the molecule is Cc1cccnc1C1(CNc2ccc(-c3cc(C(=O)NC4CN(C)C4)ccc3F)nn2)CC(F)C1. The van der Waals surface area contributed by atoms with Gasteiger partial charge in [-0.3, -0.25) is 9.78 Å². The molecular weight excluding hydrogens is 450 g/mol. The molecule has 5 rings (SSSR count). The summed E-state index contributed by atoms with van der Waals surface area (Å²) >= 11 is 0. The molecule has 9 heteroatoms. The number of aryl methyl sites for hydroxylation is 1. The molecule has 0 radical (unpaired) electrons. The number of benzene rings is 1. The fourth-order valence-electron chi connectivity index (χ4n) is 5.00. The van der Waals surface area contributed by atoms with Crippen LogP contribution in [0.4, 0.5) is 14.6 Å². The summed E-state index contributed by atoms with van der Waals surface area (Å²) in [6.07, 6.45) is 1.70. The van der Waals surface area contributed by atoms with Crippen molar-refractivity contribution in [3.05, 3.63) is 71.3 Å². The van der Waals surface area contributed by atoms with E-state index in [-0.39, 0.29) is 17.5 Å². The van der Waals surface area contributed by atoms with Crippen molar-refractivity contribution >= 4 is 11.7 Å². The van der Waals surface area contributed by atoms with Crippen LogP contribution in [0, 0.1) is 12.7 Å². The maximum atomic E-state index is 14.6.